The maximum absolute atomic E-state index is 12.8. The Kier molecular flexibility index (Phi) is 9.62. The lowest BCUT2D eigenvalue weighted by Crippen LogP contribution is -2.24. The molecule has 0 aliphatic rings. The van der Waals surface area contributed by atoms with Gasteiger partial charge in [-0.2, -0.15) is 0 Å². The van der Waals surface area contributed by atoms with Gasteiger partial charge in [-0.3, -0.25) is 4.79 Å². The van der Waals surface area contributed by atoms with Crippen LogP contribution in [0.2, 0.25) is 0 Å². The topological polar surface area (TPSA) is 76.0 Å². The van der Waals surface area contributed by atoms with E-state index in [-0.39, 0.29) is 11.5 Å². The Labute approximate surface area is 234 Å². The molecular formula is C33H35NO6. The van der Waals surface area contributed by atoms with Gasteiger partial charge in [0.15, 0.2) is 6.10 Å². The smallest absolute Gasteiger partial charge is 0.346 e. The predicted octanol–water partition coefficient (Wildman–Crippen LogP) is 5.62. The van der Waals surface area contributed by atoms with Gasteiger partial charge in [-0.05, 0) is 78.4 Å². The molecule has 0 saturated heterocycles. The van der Waals surface area contributed by atoms with Gasteiger partial charge in [-0.25, -0.2) is 4.79 Å². The monoisotopic (exact) mass is 541 g/mol. The van der Waals surface area contributed by atoms with E-state index in [4.69, 9.17) is 18.9 Å². The third kappa shape index (κ3) is 7.11. The average molecular weight is 542 g/mol. The van der Waals surface area contributed by atoms with Crippen molar-refractivity contribution >= 4 is 5.97 Å². The van der Waals surface area contributed by atoms with Crippen LogP contribution in [0.5, 0.6) is 17.2 Å². The summed E-state index contributed by atoms with van der Waals surface area (Å²) in [5.74, 6) is 1.69. The summed E-state index contributed by atoms with van der Waals surface area (Å²) in [4.78, 5) is 24.5. The summed E-state index contributed by atoms with van der Waals surface area (Å²) >= 11 is 0. The summed E-state index contributed by atoms with van der Waals surface area (Å²) in [6.45, 7) is 2.22. The standard InChI is InChI=1S/C33H35NO6/c1-23(33(36)39-4)40-30-9-5-7-24(21-30)8-6-20-34-22-27(14-19-31(34)35)32(25-10-15-28(37-2)16-11-25)26-12-17-29(38-3)18-13-26/h5,7,9-19,21-23,32H,6,8,20H2,1-4H3/t23-/m0/s1. The molecule has 4 aromatic rings. The SMILES string of the molecule is COC(=O)[C@H](C)Oc1cccc(CCCn2cc(C(c3ccc(OC)cc3)c3ccc(OC)cc3)ccc2=O)c1. The fourth-order valence-electron chi connectivity index (χ4n) is 4.71. The molecule has 7 heteroatoms. The maximum atomic E-state index is 12.8. The number of carbonyl (C=O) groups is 1. The Bertz CT molecular complexity index is 1410. The van der Waals surface area contributed by atoms with Crippen LogP contribution in [-0.2, 0) is 22.5 Å². The number of aryl methyl sites for hydroxylation is 2. The highest BCUT2D eigenvalue weighted by atomic mass is 16.6. The van der Waals surface area contributed by atoms with E-state index in [0.717, 1.165) is 46.6 Å². The zero-order chi connectivity index (χ0) is 28.5. The zero-order valence-electron chi connectivity index (χ0n) is 23.3. The first-order chi connectivity index (χ1) is 19.4. The third-order valence-electron chi connectivity index (χ3n) is 6.85. The highest BCUT2D eigenvalue weighted by molar-refractivity contribution is 5.74. The quantitative estimate of drug-likeness (QED) is 0.217. The number of pyridine rings is 1. The molecular weight excluding hydrogens is 506 g/mol. The van der Waals surface area contributed by atoms with Crippen molar-refractivity contribution in [1.29, 1.82) is 0 Å². The summed E-state index contributed by atoms with van der Waals surface area (Å²) in [5, 5.41) is 0. The molecule has 0 aliphatic carbocycles. The number of nitrogens with zero attached hydrogens (tertiary/aromatic N) is 1. The number of carbonyl (C=O) groups excluding carboxylic acids is 1. The number of rotatable bonds is 12. The Morgan fingerprint density at radius 3 is 1.95 bits per heavy atom. The van der Waals surface area contributed by atoms with E-state index >= 15 is 0 Å². The van der Waals surface area contributed by atoms with E-state index in [1.165, 1.54) is 7.11 Å². The van der Waals surface area contributed by atoms with Crippen LogP contribution in [0, 0.1) is 0 Å². The first kappa shape index (κ1) is 28.5. The van der Waals surface area contributed by atoms with Crippen LogP contribution >= 0.6 is 0 Å². The lowest BCUT2D eigenvalue weighted by molar-refractivity contribution is -0.147. The van der Waals surface area contributed by atoms with E-state index in [1.807, 2.05) is 60.8 Å². The van der Waals surface area contributed by atoms with Crippen LogP contribution < -0.4 is 19.8 Å². The van der Waals surface area contributed by atoms with E-state index in [2.05, 4.69) is 24.3 Å². The van der Waals surface area contributed by atoms with Gasteiger partial charge in [-0.1, -0.05) is 42.5 Å². The van der Waals surface area contributed by atoms with E-state index in [1.54, 1.807) is 31.8 Å². The van der Waals surface area contributed by atoms with Crippen molar-refractivity contribution in [2.45, 2.75) is 38.3 Å². The molecule has 1 atom stereocenters. The lowest BCUT2D eigenvalue weighted by Gasteiger charge is -2.20. The number of esters is 1. The molecule has 0 unspecified atom stereocenters. The number of aromatic nitrogens is 1. The summed E-state index contributed by atoms with van der Waals surface area (Å²) in [5.41, 5.74) is 4.22. The molecule has 0 bridgehead atoms. The summed E-state index contributed by atoms with van der Waals surface area (Å²) in [7, 11) is 4.64. The minimum Gasteiger partial charge on any atom is -0.497 e. The van der Waals surface area contributed by atoms with Gasteiger partial charge in [0, 0.05) is 24.7 Å². The molecule has 1 aromatic heterocycles. The first-order valence-corrected chi connectivity index (χ1v) is 13.2. The molecule has 3 aromatic carbocycles. The van der Waals surface area contributed by atoms with Crippen molar-refractivity contribution in [1.82, 2.24) is 4.57 Å². The fourth-order valence-corrected chi connectivity index (χ4v) is 4.71. The molecule has 0 amide bonds. The second kappa shape index (κ2) is 13.5. The molecule has 0 radical (unpaired) electrons. The van der Waals surface area contributed by atoms with Gasteiger partial charge in [0.1, 0.15) is 17.2 Å². The van der Waals surface area contributed by atoms with Crippen LogP contribution in [0.15, 0.2) is 95.9 Å². The molecule has 7 nitrogen and oxygen atoms in total. The molecule has 0 saturated carbocycles. The largest absolute Gasteiger partial charge is 0.497 e. The molecule has 0 N–H and O–H groups in total. The molecule has 0 aliphatic heterocycles. The number of methoxy groups -OCH3 is 3. The minimum atomic E-state index is -0.689. The highest BCUT2D eigenvalue weighted by Crippen LogP contribution is 2.33. The van der Waals surface area contributed by atoms with E-state index in [9.17, 15) is 9.59 Å². The summed E-state index contributed by atoms with van der Waals surface area (Å²) < 4.78 is 22.9. The van der Waals surface area contributed by atoms with Gasteiger partial charge in [0.2, 0.25) is 0 Å². The zero-order valence-corrected chi connectivity index (χ0v) is 23.3. The molecule has 0 fully saturated rings. The van der Waals surface area contributed by atoms with Gasteiger partial charge in [0.25, 0.3) is 5.56 Å². The van der Waals surface area contributed by atoms with Gasteiger partial charge in [-0.15, -0.1) is 0 Å². The first-order valence-electron chi connectivity index (χ1n) is 13.2. The van der Waals surface area contributed by atoms with Crippen molar-refractivity contribution in [2.75, 3.05) is 21.3 Å². The molecule has 208 valence electrons. The maximum Gasteiger partial charge on any atom is 0.346 e. The van der Waals surface area contributed by atoms with Crippen molar-refractivity contribution in [2.24, 2.45) is 0 Å². The molecule has 40 heavy (non-hydrogen) atoms. The highest BCUT2D eigenvalue weighted by Gasteiger charge is 2.19. The van der Waals surface area contributed by atoms with Crippen LogP contribution in [-0.4, -0.2) is 38.0 Å². The van der Waals surface area contributed by atoms with Gasteiger partial charge < -0.3 is 23.5 Å². The molecule has 1 heterocycles. The number of benzene rings is 3. The van der Waals surface area contributed by atoms with Crippen LogP contribution in [0.4, 0.5) is 0 Å². The van der Waals surface area contributed by atoms with Crippen LogP contribution in [0.25, 0.3) is 0 Å². The third-order valence-corrected chi connectivity index (χ3v) is 6.85. The average Bonchev–Trinajstić information content (AvgIpc) is 2.99. The number of hydrogen-bond donors (Lipinski definition) is 0. The van der Waals surface area contributed by atoms with Crippen molar-refractivity contribution in [3.8, 4) is 17.2 Å². The Balaban J connectivity index is 1.54. The van der Waals surface area contributed by atoms with Crippen molar-refractivity contribution < 1.29 is 23.7 Å². The normalized spacial score (nSPS) is 11.6. The number of hydrogen-bond acceptors (Lipinski definition) is 6. The summed E-state index contributed by atoms with van der Waals surface area (Å²) in [6.07, 6.45) is 2.78. The van der Waals surface area contributed by atoms with Gasteiger partial charge in [0.05, 0.1) is 21.3 Å². The second-order valence-corrected chi connectivity index (χ2v) is 9.51. The lowest BCUT2D eigenvalue weighted by atomic mass is 9.86. The Hall–Kier alpha value is -4.52. The van der Waals surface area contributed by atoms with Gasteiger partial charge >= 0.3 is 5.97 Å². The Morgan fingerprint density at radius 1 is 0.775 bits per heavy atom. The van der Waals surface area contributed by atoms with Crippen molar-refractivity contribution in [3.05, 3.63) is 124 Å². The Morgan fingerprint density at radius 2 is 1.38 bits per heavy atom. The fraction of sp³-hybridized carbons (Fsp3) is 0.273. The predicted molar refractivity (Wildman–Crippen MR) is 155 cm³/mol. The minimum absolute atomic E-state index is 0.0454. The van der Waals surface area contributed by atoms with Crippen LogP contribution in [0.1, 0.15) is 41.5 Å². The molecule has 0 spiro atoms. The second-order valence-electron chi connectivity index (χ2n) is 9.51. The van der Waals surface area contributed by atoms with Crippen molar-refractivity contribution in [3.63, 3.8) is 0 Å². The molecule has 4 rings (SSSR count). The van der Waals surface area contributed by atoms with Crippen LogP contribution in [0.3, 0.4) is 0 Å². The number of ether oxygens (including phenoxy) is 4. The van der Waals surface area contributed by atoms with E-state index < -0.39 is 12.1 Å². The van der Waals surface area contributed by atoms with E-state index in [0.29, 0.717) is 12.3 Å². The summed E-state index contributed by atoms with van der Waals surface area (Å²) in [6, 6.07) is 27.2.